The van der Waals surface area contributed by atoms with E-state index in [1.165, 1.54) is 146 Å². The molecule has 0 saturated carbocycles. The van der Waals surface area contributed by atoms with Gasteiger partial charge < -0.3 is 40.1 Å². The van der Waals surface area contributed by atoms with Gasteiger partial charge in [0, 0.05) is 19.3 Å². The molecule has 0 heterocycles. The highest BCUT2D eigenvalue weighted by atomic mass is 19.2. The van der Waals surface area contributed by atoms with Crippen molar-refractivity contribution in [2.24, 2.45) is 40.1 Å². The number of hydrogen-bond acceptors (Lipinski definition) is 7. The molecule has 14 rings (SSSR count). The van der Waals surface area contributed by atoms with Gasteiger partial charge in [-0.25, -0.2) is 61.5 Å². The van der Waals surface area contributed by atoms with Crippen molar-refractivity contribution >= 4 is 0 Å². The van der Waals surface area contributed by atoms with Gasteiger partial charge in [-0.2, -0.15) is 0 Å². The summed E-state index contributed by atoms with van der Waals surface area (Å²) in [4.78, 5) is 0. The first-order chi connectivity index (χ1) is 60.9. The first kappa shape index (κ1) is 99.2. The Bertz CT molecular complexity index is 5670. The monoisotopic (exact) mass is 1730 g/mol. The zero-order valence-corrected chi connectivity index (χ0v) is 70.0. The SMILES string of the molecule is NCCc1cc(F)ccc1Cc1ccc(F)cc1.NCCc1cc(F)ccc1Cc1cccc(F)c1.NCCc1ccc(F)cc1Cc1ccc(F)cc1.NCCc1ccc(F)cc1Cc1cccc(F)c1.NCCc1ccc(F)cc1Cc1ccccc1F.NCCc1cccc(F)c1Cc1cccc(F)c1.NCCc1cccc(F)c1Cc1ccccc1F. The van der Waals surface area contributed by atoms with E-state index in [1.54, 1.807) is 127 Å². The van der Waals surface area contributed by atoms with Crippen LogP contribution in [-0.2, 0) is 89.9 Å². The van der Waals surface area contributed by atoms with Gasteiger partial charge in [-0.15, -0.1) is 0 Å². The molecule has 0 fully saturated rings. The Morgan fingerprint density at radius 2 is 0.381 bits per heavy atom. The maximum atomic E-state index is 13.8. The third-order valence-electron chi connectivity index (χ3n) is 20.3. The molecule has 7 nitrogen and oxygen atoms in total. The molecule has 14 aromatic rings. The molecule has 0 aliphatic rings. The number of halogens is 14. The molecule has 0 aliphatic heterocycles. The molecule has 0 atom stereocenters. The van der Waals surface area contributed by atoms with Gasteiger partial charge >= 0.3 is 0 Å². The second-order valence-corrected chi connectivity index (χ2v) is 29.7. The van der Waals surface area contributed by atoms with Crippen LogP contribution in [0, 0.1) is 81.4 Å². The van der Waals surface area contributed by atoms with E-state index in [4.69, 9.17) is 40.1 Å². The van der Waals surface area contributed by atoms with Crippen molar-refractivity contribution in [2.75, 3.05) is 45.8 Å². The highest BCUT2D eigenvalue weighted by Crippen LogP contribution is 2.27. The largest absolute Gasteiger partial charge is 0.330 e. The predicted octanol–water partition coefficient (Wildman–Crippen LogP) is 21.4. The van der Waals surface area contributed by atoms with Crippen LogP contribution in [0.4, 0.5) is 61.5 Å². The van der Waals surface area contributed by atoms with Crippen LogP contribution in [0.3, 0.4) is 0 Å². The van der Waals surface area contributed by atoms with E-state index in [0.29, 0.717) is 145 Å². The molecule has 0 bridgehead atoms. The maximum absolute atomic E-state index is 13.8. The van der Waals surface area contributed by atoms with E-state index in [2.05, 4.69) is 0 Å². The van der Waals surface area contributed by atoms with Gasteiger partial charge in [0.2, 0.25) is 0 Å². The van der Waals surface area contributed by atoms with Gasteiger partial charge in [0.1, 0.15) is 81.4 Å². The van der Waals surface area contributed by atoms with Crippen molar-refractivity contribution < 1.29 is 61.5 Å². The average Bonchev–Trinajstić information content (AvgIpc) is 0.726. The Hall–Kier alpha value is -12.2. The molecule has 126 heavy (non-hydrogen) atoms. The smallest absolute Gasteiger partial charge is 0.127 e. The summed E-state index contributed by atoms with van der Waals surface area (Å²) in [6.07, 6.45) is 7.99. The van der Waals surface area contributed by atoms with E-state index in [1.807, 2.05) is 24.3 Å². The van der Waals surface area contributed by atoms with Crippen molar-refractivity contribution in [3.8, 4) is 0 Å². The Morgan fingerprint density at radius 1 is 0.143 bits per heavy atom. The van der Waals surface area contributed by atoms with Gasteiger partial charge in [0.15, 0.2) is 0 Å². The van der Waals surface area contributed by atoms with E-state index in [9.17, 15) is 61.5 Å². The molecule has 0 saturated heterocycles. The van der Waals surface area contributed by atoms with Crippen molar-refractivity contribution in [1.82, 2.24) is 0 Å². The lowest BCUT2D eigenvalue weighted by atomic mass is 9.97. The Kier molecular flexibility index (Phi) is 41.9. The minimum absolute atomic E-state index is 0.249. The van der Waals surface area contributed by atoms with Crippen LogP contribution in [0.25, 0.3) is 0 Å². The van der Waals surface area contributed by atoms with E-state index in [0.717, 1.165) is 101 Å². The van der Waals surface area contributed by atoms with E-state index >= 15 is 0 Å². The zero-order chi connectivity index (χ0) is 90.7. The highest BCUT2D eigenvalue weighted by Gasteiger charge is 2.16. The fourth-order valence-corrected chi connectivity index (χ4v) is 14.1. The van der Waals surface area contributed by atoms with Crippen LogP contribution in [0.2, 0.25) is 0 Å². The number of nitrogens with two attached hydrogens (primary N) is 7. The molecule has 658 valence electrons. The molecule has 0 radical (unpaired) electrons. The lowest BCUT2D eigenvalue weighted by Crippen LogP contribution is -2.07. The summed E-state index contributed by atoms with van der Waals surface area (Å²) in [5, 5.41) is 0. The standard InChI is InChI=1S/7C15H15F2N/c16-14-4-1-11(2-5-14)9-12-3-6-15(17)10-13(12)7-8-18;16-14-4-1-11(2-5-14)9-13-10-15(17)6-3-12(13)7-8-18;16-13-5-1-3-11(9-13)10-14-12(7-8-18)4-2-6-15(14)17;16-14-6-2-1-4-12(14)10-13-11(8-9-18)5-3-7-15(13)17;16-14-3-1-2-11(9-14)8-12-4-5-15(17)10-13(12)6-7-18;16-14-3-1-2-11(9-14)8-13-10-15(17)5-4-12(13)6-7-18;16-14-6-5-11(7-8-18)13(10-14)9-12-3-1-2-4-15(12)17/h2*1-6,10H,7-9,18H2;1-6,9H,7-8,10,18H2;1-7H,8-10,18H2;2*1-5,9-10H,6-8,18H2;1-6,10H,7-9,18H2. The quantitative estimate of drug-likeness (QED) is 0.0238. The molecule has 0 aliphatic carbocycles. The lowest BCUT2D eigenvalue weighted by molar-refractivity contribution is 0.596. The van der Waals surface area contributed by atoms with Gasteiger partial charge in [-0.1, -0.05) is 152 Å². The summed E-state index contributed by atoms with van der Waals surface area (Å²) in [5.41, 5.74) is 56.5. The molecule has 0 amide bonds. The van der Waals surface area contributed by atoms with Crippen molar-refractivity contribution in [3.63, 3.8) is 0 Å². The zero-order valence-electron chi connectivity index (χ0n) is 70.0. The molecular weight excluding hydrogens is 1630 g/mol. The fourth-order valence-electron chi connectivity index (χ4n) is 14.1. The van der Waals surface area contributed by atoms with Gasteiger partial charge in [0.25, 0.3) is 0 Å². The topological polar surface area (TPSA) is 182 Å². The highest BCUT2D eigenvalue weighted by molar-refractivity contribution is 5.42. The summed E-state index contributed by atoms with van der Waals surface area (Å²) in [6.45, 7) is 3.42. The average molecular weight is 1730 g/mol. The van der Waals surface area contributed by atoms with E-state index < -0.39 is 0 Å². The summed E-state index contributed by atoms with van der Waals surface area (Å²) in [6, 6.07) is 77.9. The van der Waals surface area contributed by atoms with Crippen LogP contribution in [0.5, 0.6) is 0 Å². The summed E-state index contributed by atoms with van der Waals surface area (Å²) in [7, 11) is 0. The van der Waals surface area contributed by atoms with Crippen LogP contribution in [0.15, 0.2) is 297 Å². The van der Waals surface area contributed by atoms with Crippen molar-refractivity contribution in [1.29, 1.82) is 0 Å². The second kappa shape index (κ2) is 53.2. The third-order valence-corrected chi connectivity index (χ3v) is 20.3. The predicted molar refractivity (Wildman–Crippen MR) is 479 cm³/mol. The van der Waals surface area contributed by atoms with Crippen LogP contribution in [0.1, 0.15) is 117 Å². The molecule has 0 unspecified atom stereocenters. The number of rotatable bonds is 28. The minimum Gasteiger partial charge on any atom is -0.330 e. The second-order valence-electron chi connectivity index (χ2n) is 29.7. The molecule has 21 heteroatoms. The molecular formula is C105H105F14N7. The van der Waals surface area contributed by atoms with Gasteiger partial charge in [-0.3, -0.25) is 0 Å². The molecule has 0 aromatic heterocycles. The first-order valence-electron chi connectivity index (χ1n) is 41.4. The third kappa shape index (κ3) is 33.7. The summed E-state index contributed by atoms with van der Waals surface area (Å²) in [5.74, 6) is -3.82. The molecule has 0 spiro atoms. The van der Waals surface area contributed by atoms with Gasteiger partial charge in [-0.05, 0) is 379 Å². The van der Waals surface area contributed by atoms with E-state index in [-0.39, 0.29) is 87.9 Å². The normalized spacial score (nSPS) is 10.6. The van der Waals surface area contributed by atoms with Crippen molar-refractivity contribution in [3.05, 3.63) is 496 Å². The molecule has 14 aromatic carbocycles. The Balaban J connectivity index is 0.000000182. The molecule has 14 N–H and O–H groups in total. The Labute approximate surface area is 729 Å². The summed E-state index contributed by atoms with van der Waals surface area (Å²) < 4.78 is 186. The Morgan fingerprint density at radius 3 is 0.730 bits per heavy atom. The van der Waals surface area contributed by atoms with Crippen LogP contribution < -0.4 is 40.1 Å². The first-order valence-corrected chi connectivity index (χ1v) is 41.4. The van der Waals surface area contributed by atoms with Gasteiger partial charge in [0.05, 0.1) is 0 Å². The number of hydrogen-bond donors (Lipinski definition) is 7. The van der Waals surface area contributed by atoms with Crippen LogP contribution >= 0.6 is 0 Å². The fraction of sp³-hybridized carbons (Fsp3) is 0.200. The van der Waals surface area contributed by atoms with Crippen molar-refractivity contribution in [2.45, 2.75) is 89.9 Å². The van der Waals surface area contributed by atoms with Crippen LogP contribution in [-0.4, -0.2) is 45.8 Å². The minimum atomic E-state index is -0.306. The maximum Gasteiger partial charge on any atom is 0.127 e. The number of benzene rings is 14. The lowest BCUT2D eigenvalue weighted by Gasteiger charge is -2.10. The summed E-state index contributed by atoms with van der Waals surface area (Å²) >= 11 is 0.